The van der Waals surface area contributed by atoms with Gasteiger partial charge in [0, 0.05) is 30.7 Å². The van der Waals surface area contributed by atoms with Gasteiger partial charge >= 0.3 is 0 Å². The normalized spacial score (nSPS) is 18.6. The fraction of sp³-hybridized carbons (Fsp3) is 0.588. The van der Waals surface area contributed by atoms with Crippen molar-refractivity contribution < 1.29 is 4.42 Å². The summed E-state index contributed by atoms with van der Waals surface area (Å²) in [6, 6.07) is 4.41. The van der Waals surface area contributed by atoms with E-state index in [9.17, 15) is 0 Å². The highest BCUT2D eigenvalue weighted by molar-refractivity contribution is 5.39. The molecule has 1 fully saturated rings. The molecule has 2 aromatic rings. The third-order valence-corrected chi connectivity index (χ3v) is 4.18. The summed E-state index contributed by atoms with van der Waals surface area (Å²) in [5, 5.41) is 11.7. The van der Waals surface area contributed by atoms with Crippen LogP contribution in [0.5, 0.6) is 0 Å². The monoisotopic (exact) mass is 315 g/mol. The Morgan fingerprint density at radius 3 is 2.96 bits per heavy atom. The molecule has 0 spiro atoms. The number of oxazole rings is 1. The van der Waals surface area contributed by atoms with Crippen molar-refractivity contribution in [1.82, 2.24) is 20.5 Å². The standard InChI is InChI=1S/C17H25N5O/c1-17(2,3)14-11-19-16(23-14)12-18-10-13-6-5-9-22(13)15-7-4-8-20-21-15/h4,7-8,11,13,18H,5-6,9-10,12H2,1-3H3/t13-/m0/s1. The molecule has 0 radical (unpaired) electrons. The van der Waals surface area contributed by atoms with Crippen molar-refractivity contribution in [1.29, 1.82) is 0 Å². The van der Waals surface area contributed by atoms with Crippen LogP contribution in [0.4, 0.5) is 5.82 Å². The average molecular weight is 315 g/mol. The van der Waals surface area contributed by atoms with E-state index in [2.05, 4.69) is 46.2 Å². The fourth-order valence-electron chi connectivity index (χ4n) is 2.88. The van der Waals surface area contributed by atoms with Gasteiger partial charge in [-0.25, -0.2) is 4.98 Å². The number of anilines is 1. The lowest BCUT2D eigenvalue weighted by Gasteiger charge is -2.25. The zero-order valence-electron chi connectivity index (χ0n) is 14.1. The van der Waals surface area contributed by atoms with Crippen LogP contribution in [0.25, 0.3) is 0 Å². The zero-order valence-corrected chi connectivity index (χ0v) is 14.1. The van der Waals surface area contributed by atoms with Gasteiger partial charge in [-0.15, -0.1) is 5.10 Å². The Balaban J connectivity index is 1.53. The lowest BCUT2D eigenvalue weighted by Crippen LogP contribution is -2.38. The summed E-state index contributed by atoms with van der Waals surface area (Å²) in [7, 11) is 0. The van der Waals surface area contributed by atoms with Crippen LogP contribution in [0.15, 0.2) is 28.9 Å². The Labute approximate surface area is 137 Å². The van der Waals surface area contributed by atoms with Crippen molar-refractivity contribution in [2.24, 2.45) is 0 Å². The predicted octanol–water partition coefficient (Wildman–Crippen LogP) is 2.52. The first kappa shape index (κ1) is 15.9. The van der Waals surface area contributed by atoms with Crippen molar-refractivity contribution in [2.75, 3.05) is 18.0 Å². The highest BCUT2D eigenvalue weighted by atomic mass is 16.4. The van der Waals surface area contributed by atoms with Crippen LogP contribution in [0.3, 0.4) is 0 Å². The van der Waals surface area contributed by atoms with E-state index in [1.807, 2.05) is 18.3 Å². The summed E-state index contributed by atoms with van der Waals surface area (Å²) in [5.74, 6) is 2.64. The molecule has 6 nitrogen and oxygen atoms in total. The van der Waals surface area contributed by atoms with Crippen LogP contribution < -0.4 is 10.2 Å². The SMILES string of the molecule is CC(C)(C)c1cnc(CNC[C@@H]2CCCN2c2cccnn2)o1. The van der Waals surface area contributed by atoms with E-state index in [0.717, 1.165) is 30.6 Å². The second-order valence-electron chi connectivity index (χ2n) is 7.07. The first-order valence-electron chi connectivity index (χ1n) is 8.24. The molecule has 0 aliphatic carbocycles. The second kappa shape index (κ2) is 6.66. The van der Waals surface area contributed by atoms with E-state index in [1.54, 1.807) is 6.20 Å². The van der Waals surface area contributed by atoms with Gasteiger partial charge in [0.1, 0.15) is 5.76 Å². The number of aromatic nitrogens is 3. The molecular weight excluding hydrogens is 290 g/mol. The first-order chi connectivity index (χ1) is 11.0. The van der Waals surface area contributed by atoms with Crippen LogP contribution in [0.1, 0.15) is 45.3 Å². The molecule has 1 aliphatic heterocycles. The molecule has 1 atom stereocenters. The Hall–Kier alpha value is -1.95. The molecular formula is C17H25N5O. The van der Waals surface area contributed by atoms with E-state index >= 15 is 0 Å². The lowest BCUT2D eigenvalue weighted by molar-refractivity contribution is 0.372. The minimum Gasteiger partial charge on any atom is -0.444 e. The van der Waals surface area contributed by atoms with Crippen molar-refractivity contribution in [2.45, 2.75) is 51.6 Å². The molecule has 0 aromatic carbocycles. The van der Waals surface area contributed by atoms with Gasteiger partial charge in [-0.05, 0) is 25.0 Å². The van der Waals surface area contributed by atoms with Gasteiger partial charge < -0.3 is 14.6 Å². The highest BCUT2D eigenvalue weighted by Gasteiger charge is 2.25. The topological polar surface area (TPSA) is 67.1 Å². The van der Waals surface area contributed by atoms with Gasteiger partial charge in [0.15, 0.2) is 5.82 Å². The Bertz CT molecular complexity index is 619. The molecule has 0 unspecified atom stereocenters. The maximum Gasteiger partial charge on any atom is 0.208 e. The van der Waals surface area contributed by atoms with Gasteiger partial charge in [-0.2, -0.15) is 5.10 Å². The van der Waals surface area contributed by atoms with E-state index in [1.165, 1.54) is 12.8 Å². The quantitative estimate of drug-likeness (QED) is 0.914. The molecule has 1 saturated heterocycles. The Morgan fingerprint density at radius 1 is 1.39 bits per heavy atom. The molecule has 23 heavy (non-hydrogen) atoms. The van der Waals surface area contributed by atoms with E-state index in [4.69, 9.17) is 4.42 Å². The molecule has 0 bridgehead atoms. The van der Waals surface area contributed by atoms with Crippen LogP contribution in [-0.2, 0) is 12.0 Å². The number of hydrogen-bond donors (Lipinski definition) is 1. The maximum atomic E-state index is 5.81. The number of nitrogens with one attached hydrogen (secondary N) is 1. The molecule has 3 rings (SSSR count). The zero-order chi connectivity index (χ0) is 16.3. The van der Waals surface area contributed by atoms with E-state index in [-0.39, 0.29) is 5.41 Å². The molecule has 124 valence electrons. The summed E-state index contributed by atoms with van der Waals surface area (Å²) >= 11 is 0. The highest BCUT2D eigenvalue weighted by Crippen LogP contribution is 2.24. The van der Waals surface area contributed by atoms with Gasteiger partial charge in [0.25, 0.3) is 0 Å². The van der Waals surface area contributed by atoms with Crippen LogP contribution in [0.2, 0.25) is 0 Å². The Kier molecular flexibility index (Phi) is 4.61. The van der Waals surface area contributed by atoms with E-state index < -0.39 is 0 Å². The minimum atomic E-state index is -0.000515. The summed E-state index contributed by atoms with van der Waals surface area (Å²) in [6.07, 6.45) is 5.90. The number of nitrogens with zero attached hydrogens (tertiary/aromatic N) is 4. The second-order valence-corrected chi connectivity index (χ2v) is 7.07. The third kappa shape index (κ3) is 3.88. The van der Waals surface area contributed by atoms with Crippen molar-refractivity contribution in [3.63, 3.8) is 0 Å². The molecule has 2 aromatic heterocycles. The van der Waals surface area contributed by atoms with Crippen molar-refractivity contribution >= 4 is 5.82 Å². The predicted molar refractivity (Wildman–Crippen MR) is 89.3 cm³/mol. The van der Waals surface area contributed by atoms with Gasteiger partial charge in [0.2, 0.25) is 5.89 Å². The van der Waals surface area contributed by atoms with Crippen molar-refractivity contribution in [3.05, 3.63) is 36.2 Å². The summed E-state index contributed by atoms with van der Waals surface area (Å²) < 4.78 is 5.81. The average Bonchev–Trinajstić information content (AvgIpc) is 3.17. The molecule has 3 heterocycles. The van der Waals surface area contributed by atoms with Gasteiger partial charge in [-0.3, -0.25) is 0 Å². The third-order valence-electron chi connectivity index (χ3n) is 4.18. The largest absolute Gasteiger partial charge is 0.444 e. The van der Waals surface area contributed by atoms with Crippen LogP contribution in [-0.4, -0.2) is 34.3 Å². The van der Waals surface area contributed by atoms with Crippen LogP contribution >= 0.6 is 0 Å². The van der Waals surface area contributed by atoms with Gasteiger partial charge in [-0.1, -0.05) is 20.8 Å². The molecule has 0 saturated carbocycles. The lowest BCUT2D eigenvalue weighted by atomic mass is 9.94. The summed E-state index contributed by atoms with van der Waals surface area (Å²) in [4.78, 5) is 6.69. The molecule has 1 N–H and O–H groups in total. The summed E-state index contributed by atoms with van der Waals surface area (Å²) in [6.45, 7) is 8.97. The molecule has 1 aliphatic rings. The number of rotatable bonds is 5. The molecule has 0 amide bonds. The first-order valence-corrected chi connectivity index (χ1v) is 8.24. The van der Waals surface area contributed by atoms with Crippen LogP contribution in [0, 0.1) is 0 Å². The van der Waals surface area contributed by atoms with Gasteiger partial charge in [0.05, 0.1) is 12.7 Å². The minimum absolute atomic E-state index is 0.000515. The number of hydrogen-bond acceptors (Lipinski definition) is 6. The summed E-state index contributed by atoms with van der Waals surface area (Å²) in [5.41, 5.74) is -0.000515. The van der Waals surface area contributed by atoms with E-state index in [0.29, 0.717) is 12.6 Å². The fourth-order valence-corrected chi connectivity index (χ4v) is 2.88. The molecule has 6 heteroatoms. The smallest absolute Gasteiger partial charge is 0.208 e. The van der Waals surface area contributed by atoms with Crippen molar-refractivity contribution in [3.8, 4) is 0 Å². The Morgan fingerprint density at radius 2 is 2.26 bits per heavy atom. The maximum absolute atomic E-state index is 5.81.